The Hall–Kier alpha value is -3.11. The van der Waals surface area contributed by atoms with Crippen LogP contribution in [-0.4, -0.2) is 51.2 Å². The van der Waals surface area contributed by atoms with E-state index in [1.165, 1.54) is 34.9 Å². The molecule has 1 aliphatic carbocycles. The largest absolute Gasteiger partial charge is 0.478 e. The van der Waals surface area contributed by atoms with E-state index in [0.29, 0.717) is 18.2 Å². The average molecular weight is 397 g/mol. The highest BCUT2D eigenvalue weighted by Crippen LogP contribution is 2.33. The molecule has 0 fully saturated rings. The SMILES string of the molecule is CCCN(CCC)C1Cc2c[nH]c3ccc(C#N)c(c23)C1.O=C(O)/C=C/C(=O)O. The van der Waals surface area contributed by atoms with E-state index in [2.05, 4.69) is 36.0 Å². The number of hydrogen-bond donors (Lipinski definition) is 3. The maximum atomic E-state index is 9.55. The van der Waals surface area contributed by atoms with Gasteiger partial charge in [0.15, 0.2) is 0 Å². The third-order valence-corrected chi connectivity index (χ3v) is 4.96. The van der Waals surface area contributed by atoms with Gasteiger partial charge < -0.3 is 15.2 Å². The Morgan fingerprint density at radius 1 is 1.17 bits per heavy atom. The molecule has 0 saturated carbocycles. The topological polar surface area (TPSA) is 117 Å². The third-order valence-electron chi connectivity index (χ3n) is 4.96. The van der Waals surface area contributed by atoms with Crippen molar-refractivity contribution in [3.8, 4) is 6.07 Å². The molecule has 0 amide bonds. The van der Waals surface area contributed by atoms with Crippen LogP contribution in [-0.2, 0) is 22.4 Å². The monoisotopic (exact) mass is 397 g/mol. The number of carboxylic acid groups (broad SMARTS) is 2. The smallest absolute Gasteiger partial charge is 0.328 e. The maximum Gasteiger partial charge on any atom is 0.328 e. The minimum Gasteiger partial charge on any atom is -0.478 e. The van der Waals surface area contributed by atoms with Crippen molar-refractivity contribution in [3.05, 3.63) is 47.2 Å². The highest BCUT2D eigenvalue weighted by Gasteiger charge is 2.27. The van der Waals surface area contributed by atoms with Crippen LogP contribution in [0.1, 0.15) is 43.4 Å². The van der Waals surface area contributed by atoms with E-state index in [-0.39, 0.29) is 0 Å². The van der Waals surface area contributed by atoms with Gasteiger partial charge in [-0.1, -0.05) is 13.8 Å². The van der Waals surface area contributed by atoms with Crippen molar-refractivity contribution in [2.75, 3.05) is 13.1 Å². The van der Waals surface area contributed by atoms with E-state index in [1.807, 2.05) is 12.1 Å². The van der Waals surface area contributed by atoms with E-state index in [4.69, 9.17) is 10.2 Å². The summed E-state index contributed by atoms with van der Waals surface area (Å²) >= 11 is 0. The van der Waals surface area contributed by atoms with Gasteiger partial charge in [0, 0.05) is 35.3 Å². The molecule has 7 nitrogen and oxygen atoms in total. The van der Waals surface area contributed by atoms with Crippen LogP contribution in [0.2, 0.25) is 0 Å². The first-order valence-corrected chi connectivity index (χ1v) is 9.81. The summed E-state index contributed by atoms with van der Waals surface area (Å²) in [7, 11) is 0. The molecule has 1 aliphatic rings. The van der Waals surface area contributed by atoms with Crippen molar-refractivity contribution in [1.29, 1.82) is 5.26 Å². The summed E-state index contributed by atoms with van der Waals surface area (Å²) in [6.45, 7) is 6.79. The average Bonchev–Trinajstić information content (AvgIpc) is 3.11. The fraction of sp³-hybridized carbons (Fsp3) is 0.409. The molecule has 154 valence electrons. The zero-order valence-electron chi connectivity index (χ0n) is 16.8. The van der Waals surface area contributed by atoms with Crippen LogP contribution >= 0.6 is 0 Å². The Balaban J connectivity index is 0.000000321. The van der Waals surface area contributed by atoms with Crippen LogP contribution in [0.4, 0.5) is 0 Å². The number of aromatic amines is 1. The molecule has 0 saturated heterocycles. The summed E-state index contributed by atoms with van der Waals surface area (Å²) < 4.78 is 0. The highest BCUT2D eigenvalue weighted by atomic mass is 16.4. The quantitative estimate of drug-likeness (QED) is 0.617. The van der Waals surface area contributed by atoms with Gasteiger partial charge in [0.25, 0.3) is 0 Å². The van der Waals surface area contributed by atoms with Gasteiger partial charge in [-0.3, -0.25) is 4.90 Å². The number of benzene rings is 1. The molecule has 3 N–H and O–H groups in total. The van der Waals surface area contributed by atoms with Crippen LogP contribution in [0.3, 0.4) is 0 Å². The second-order valence-electron chi connectivity index (χ2n) is 7.05. The molecular weight excluding hydrogens is 370 g/mol. The molecule has 29 heavy (non-hydrogen) atoms. The first-order valence-electron chi connectivity index (χ1n) is 9.81. The molecule has 0 radical (unpaired) electrons. The number of aromatic nitrogens is 1. The van der Waals surface area contributed by atoms with Gasteiger partial charge in [0.1, 0.15) is 0 Å². The van der Waals surface area contributed by atoms with Crippen LogP contribution in [0.5, 0.6) is 0 Å². The highest BCUT2D eigenvalue weighted by molar-refractivity contribution is 5.90. The number of rotatable bonds is 7. The van der Waals surface area contributed by atoms with Gasteiger partial charge in [0.2, 0.25) is 0 Å². The number of nitrogens with zero attached hydrogens (tertiary/aromatic N) is 2. The Morgan fingerprint density at radius 3 is 2.31 bits per heavy atom. The summed E-state index contributed by atoms with van der Waals surface area (Å²) in [6, 6.07) is 6.92. The number of nitriles is 1. The van der Waals surface area contributed by atoms with Gasteiger partial charge in [-0.15, -0.1) is 0 Å². The molecule has 3 rings (SSSR count). The second kappa shape index (κ2) is 10.4. The molecule has 2 aromatic rings. The fourth-order valence-corrected chi connectivity index (χ4v) is 3.86. The molecule has 0 bridgehead atoms. The number of nitrogens with one attached hydrogen (secondary N) is 1. The standard InChI is InChI=1S/C18H23N3.C4H4O4/c1-3-7-21(8-4-2)15-9-14-12-20-17-6-5-13(11-19)16(10-15)18(14)17;5-3(6)1-2-4(7)8/h5-6,12,15,20H,3-4,7-10H2,1-2H3;1-2H,(H,5,6)(H,7,8)/b;2-1+. The van der Waals surface area contributed by atoms with Crippen molar-refractivity contribution in [1.82, 2.24) is 9.88 Å². The van der Waals surface area contributed by atoms with Crippen LogP contribution in [0.25, 0.3) is 10.9 Å². The predicted octanol–water partition coefficient (Wildman–Crippen LogP) is 3.34. The van der Waals surface area contributed by atoms with Crippen molar-refractivity contribution < 1.29 is 19.8 Å². The molecule has 0 aliphatic heterocycles. The van der Waals surface area contributed by atoms with Crippen LogP contribution in [0, 0.1) is 11.3 Å². The number of carbonyl (C=O) groups is 2. The number of aliphatic carboxylic acids is 2. The van der Waals surface area contributed by atoms with Gasteiger partial charge in [-0.25, -0.2) is 9.59 Å². The number of hydrogen-bond acceptors (Lipinski definition) is 4. The van der Waals surface area contributed by atoms with Crippen molar-refractivity contribution in [2.45, 2.75) is 45.6 Å². The normalized spacial score (nSPS) is 15.2. The van der Waals surface area contributed by atoms with E-state index < -0.39 is 11.9 Å². The Kier molecular flexibility index (Phi) is 7.98. The Morgan fingerprint density at radius 2 is 1.79 bits per heavy atom. The molecule has 7 heteroatoms. The summed E-state index contributed by atoms with van der Waals surface area (Å²) in [6.07, 6.45) is 7.73. The molecule has 1 heterocycles. The van der Waals surface area contributed by atoms with E-state index in [0.717, 1.165) is 31.5 Å². The summed E-state index contributed by atoms with van der Waals surface area (Å²) in [4.78, 5) is 25.1. The van der Waals surface area contributed by atoms with E-state index in [1.54, 1.807) is 0 Å². The Labute approximate surface area is 170 Å². The molecule has 1 atom stereocenters. The summed E-state index contributed by atoms with van der Waals surface area (Å²) in [5.41, 5.74) is 4.65. The third kappa shape index (κ3) is 5.69. The van der Waals surface area contributed by atoms with E-state index in [9.17, 15) is 14.9 Å². The van der Waals surface area contributed by atoms with Crippen molar-refractivity contribution >= 4 is 22.8 Å². The zero-order chi connectivity index (χ0) is 21.4. The minimum atomic E-state index is -1.26. The van der Waals surface area contributed by atoms with Crippen molar-refractivity contribution in [2.24, 2.45) is 0 Å². The van der Waals surface area contributed by atoms with Gasteiger partial charge in [0.05, 0.1) is 11.6 Å². The fourth-order valence-electron chi connectivity index (χ4n) is 3.86. The van der Waals surface area contributed by atoms with Crippen molar-refractivity contribution in [3.63, 3.8) is 0 Å². The lowest BCUT2D eigenvalue weighted by Crippen LogP contribution is -2.41. The lowest BCUT2D eigenvalue weighted by molar-refractivity contribution is -0.134. The van der Waals surface area contributed by atoms with Crippen LogP contribution < -0.4 is 0 Å². The molecule has 1 unspecified atom stereocenters. The first kappa shape index (κ1) is 22.2. The lowest BCUT2D eigenvalue weighted by atomic mass is 9.86. The molecule has 1 aromatic heterocycles. The van der Waals surface area contributed by atoms with Gasteiger partial charge in [-0.05, 0) is 62.0 Å². The zero-order valence-corrected chi connectivity index (χ0v) is 16.8. The first-order chi connectivity index (χ1) is 13.9. The summed E-state index contributed by atoms with van der Waals surface area (Å²) in [5.74, 6) is -2.51. The van der Waals surface area contributed by atoms with E-state index >= 15 is 0 Å². The number of carboxylic acids is 2. The summed E-state index contributed by atoms with van der Waals surface area (Å²) in [5, 5.41) is 26.3. The maximum absolute atomic E-state index is 9.55. The van der Waals surface area contributed by atoms with Gasteiger partial charge in [-0.2, -0.15) is 5.26 Å². The number of H-pyrrole nitrogens is 1. The predicted molar refractivity (Wildman–Crippen MR) is 111 cm³/mol. The molecule has 1 aromatic carbocycles. The molecule has 0 spiro atoms. The molecular formula is C22H27N3O4. The second-order valence-corrected chi connectivity index (χ2v) is 7.05. The Bertz CT molecular complexity index is 917. The lowest BCUT2D eigenvalue weighted by Gasteiger charge is -2.34. The van der Waals surface area contributed by atoms with Gasteiger partial charge >= 0.3 is 11.9 Å². The minimum absolute atomic E-state index is 0.533. The van der Waals surface area contributed by atoms with Crippen LogP contribution in [0.15, 0.2) is 30.5 Å².